The normalized spacial score (nSPS) is 24.1. The number of aliphatic carboxylic acids is 2. The van der Waals surface area contributed by atoms with Gasteiger partial charge in [0.25, 0.3) is 0 Å². The Hall–Kier alpha value is -1.88. The highest BCUT2D eigenvalue weighted by atomic mass is 16.4. The van der Waals surface area contributed by atoms with Crippen molar-refractivity contribution in [3.05, 3.63) is 35.4 Å². The van der Waals surface area contributed by atoms with Gasteiger partial charge in [0, 0.05) is 13.1 Å². The number of carbonyl (C=O) groups is 2. The summed E-state index contributed by atoms with van der Waals surface area (Å²) in [4.78, 5) is 20.7. The van der Waals surface area contributed by atoms with Crippen molar-refractivity contribution in [2.75, 3.05) is 20.1 Å². The highest BCUT2D eigenvalue weighted by molar-refractivity contribution is 6.27. The van der Waals surface area contributed by atoms with Crippen molar-refractivity contribution in [1.29, 1.82) is 0 Å². The Morgan fingerprint density at radius 2 is 1.47 bits per heavy atom. The van der Waals surface area contributed by atoms with Crippen LogP contribution in [0.4, 0.5) is 0 Å². The number of hydrogen-bond acceptors (Lipinski definition) is 3. The van der Waals surface area contributed by atoms with Crippen LogP contribution in [0.1, 0.15) is 29.4 Å². The lowest BCUT2D eigenvalue weighted by atomic mass is 9.96. The molecular formula is C14H17NO4. The molecule has 3 rings (SSSR count). The Morgan fingerprint density at radius 1 is 1.05 bits per heavy atom. The van der Waals surface area contributed by atoms with Crippen LogP contribution in [0.2, 0.25) is 0 Å². The fourth-order valence-corrected chi connectivity index (χ4v) is 3.02. The maximum absolute atomic E-state index is 9.10. The van der Waals surface area contributed by atoms with Gasteiger partial charge in [-0.2, -0.15) is 0 Å². The molecule has 2 N–H and O–H groups in total. The maximum atomic E-state index is 9.10. The lowest BCUT2D eigenvalue weighted by Gasteiger charge is -2.28. The van der Waals surface area contributed by atoms with Gasteiger partial charge < -0.3 is 15.1 Å². The first-order valence-electron chi connectivity index (χ1n) is 6.22. The maximum Gasteiger partial charge on any atom is 0.414 e. The first-order chi connectivity index (χ1) is 8.99. The number of carboxylic acid groups (broad SMARTS) is 2. The molecule has 102 valence electrons. The van der Waals surface area contributed by atoms with Crippen LogP contribution >= 0.6 is 0 Å². The predicted octanol–water partition coefficient (Wildman–Crippen LogP) is 1.36. The standard InChI is InChI=1S/C12H15N.C2H2O4/c1-13-7-9-6-10(8-13)12-5-3-2-4-11(9)12;3-1(4)2(5)6/h2-5,9-10H,6-8H2,1H3;(H,3,4)(H,5,6). The summed E-state index contributed by atoms with van der Waals surface area (Å²) in [6.07, 6.45) is 1.39. The van der Waals surface area contributed by atoms with Crippen molar-refractivity contribution >= 4 is 11.9 Å². The van der Waals surface area contributed by atoms with E-state index in [9.17, 15) is 0 Å². The second-order valence-electron chi connectivity index (χ2n) is 5.09. The molecule has 1 heterocycles. The summed E-state index contributed by atoms with van der Waals surface area (Å²) in [6.45, 7) is 2.51. The van der Waals surface area contributed by atoms with Crippen LogP contribution in [-0.4, -0.2) is 47.2 Å². The molecule has 2 aliphatic rings. The van der Waals surface area contributed by atoms with Gasteiger partial charge in [0.05, 0.1) is 0 Å². The molecule has 1 fully saturated rings. The van der Waals surface area contributed by atoms with Crippen molar-refractivity contribution in [3.63, 3.8) is 0 Å². The minimum atomic E-state index is -1.82. The molecule has 5 heteroatoms. The summed E-state index contributed by atoms with van der Waals surface area (Å²) in [7, 11) is 2.24. The van der Waals surface area contributed by atoms with Gasteiger partial charge in [-0.1, -0.05) is 24.3 Å². The van der Waals surface area contributed by atoms with Crippen molar-refractivity contribution in [3.8, 4) is 0 Å². The van der Waals surface area contributed by atoms with Crippen LogP contribution < -0.4 is 0 Å². The molecule has 0 spiro atoms. The Bertz CT molecular complexity index is 453. The minimum absolute atomic E-state index is 0.819. The van der Waals surface area contributed by atoms with Gasteiger partial charge in [-0.3, -0.25) is 0 Å². The van der Waals surface area contributed by atoms with Gasteiger partial charge in [0.1, 0.15) is 0 Å². The van der Waals surface area contributed by atoms with Crippen LogP contribution in [0.5, 0.6) is 0 Å². The number of rotatable bonds is 0. The van der Waals surface area contributed by atoms with E-state index in [4.69, 9.17) is 19.8 Å². The van der Waals surface area contributed by atoms with E-state index in [1.165, 1.54) is 19.5 Å². The third kappa shape index (κ3) is 2.93. The van der Waals surface area contributed by atoms with E-state index < -0.39 is 11.9 Å². The Kier molecular flexibility index (Phi) is 3.85. The molecule has 1 aliphatic carbocycles. The van der Waals surface area contributed by atoms with E-state index in [-0.39, 0.29) is 0 Å². The summed E-state index contributed by atoms with van der Waals surface area (Å²) in [5, 5.41) is 14.8. The monoisotopic (exact) mass is 263 g/mol. The third-order valence-corrected chi connectivity index (χ3v) is 3.69. The van der Waals surface area contributed by atoms with E-state index in [2.05, 4.69) is 36.2 Å². The summed E-state index contributed by atoms with van der Waals surface area (Å²) >= 11 is 0. The molecule has 1 aromatic carbocycles. The highest BCUT2D eigenvalue weighted by Crippen LogP contribution is 2.45. The lowest BCUT2D eigenvalue weighted by molar-refractivity contribution is -0.159. The molecular weight excluding hydrogens is 246 g/mol. The van der Waals surface area contributed by atoms with Gasteiger partial charge in [-0.25, -0.2) is 9.59 Å². The lowest BCUT2D eigenvalue weighted by Crippen LogP contribution is -2.31. The molecule has 0 saturated carbocycles. The zero-order valence-electron chi connectivity index (χ0n) is 10.7. The molecule has 0 amide bonds. The first kappa shape index (κ1) is 13.5. The fourth-order valence-electron chi connectivity index (χ4n) is 3.02. The van der Waals surface area contributed by atoms with Gasteiger partial charge in [-0.05, 0) is 36.4 Å². The Balaban J connectivity index is 0.000000192. The van der Waals surface area contributed by atoms with Crippen molar-refractivity contribution in [2.24, 2.45) is 0 Å². The van der Waals surface area contributed by atoms with Crippen molar-refractivity contribution in [2.45, 2.75) is 18.3 Å². The van der Waals surface area contributed by atoms with Crippen molar-refractivity contribution < 1.29 is 19.8 Å². The second kappa shape index (κ2) is 5.40. The smallest absolute Gasteiger partial charge is 0.414 e. The number of piperidine rings is 1. The topological polar surface area (TPSA) is 77.8 Å². The van der Waals surface area contributed by atoms with Crippen LogP contribution in [-0.2, 0) is 9.59 Å². The third-order valence-electron chi connectivity index (χ3n) is 3.69. The molecule has 19 heavy (non-hydrogen) atoms. The minimum Gasteiger partial charge on any atom is -0.473 e. The predicted molar refractivity (Wildman–Crippen MR) is 69.3 cm³/mol. The van der Waals surface area contributed by atoms with E-state index >= 15 is 0 Å². The van der Waals surface area contributed by atoms with Crippen LogP contribution in [0.3, 0.4) is 0 Å². The molecule has 0 aromatic heterocycles. The van der Waals surface area contributed by atoms with Crippen molar-refractivity contribution in [1.82, 2.24) is 4.90 Å². The molecule has 5 nitrogen and oxygen atoms in total. The van der Waals surface area contributed by atoms with Crippen LogP contribution in [0, 0.1) is 0 Å². The van der Waals surface area contributed by atoms with E-state index in [0.717, 1.165) is 11.8 Å². The molecule has 2 bridgehead atoms. The number of fused-ring (bicyclic) bond motifs is 5. The summed E-state index contributed by atoms with van der Waals surface area (Å²) in [5.41, 5.74) is 3.24. The fraction of sp³-hybridized carbons (Fsp3) is 0.429. The molecule has 1 aliphatic heterocycles. The van der Waals surface area contributed by atoms with Gasteiger partial charge in [-0.15, -0.1) is 0 Å². The van der Waals surface area contributed by atoms with Gasteiger partial charge >= 0.3 is 11.9 Å². The zero-order valence-corrected chi connectivity index (χ0v) is 10.7. The molecule has 1 aromatic rings. The Morgan fingerprint density at radius 3 is 1.84 bits per heavy atom. The first-order valence-corrected chi connectivity index (χ1v) is 6.22. The molecule has 1 saturated heterocycles. The van der Waals surface area contributed by atoms with E-state index in [1.54, 1.807) is 11.1 Å². The average molecular weight is 263 g/mol. The van der Waals surface area contributed by atoms with E-state index in [0.29, 0.717) is 0 Å². The van der Waals surface area contributed by atoms with E-state index in [1.807, 2.05) is 0 Å². The zero-order chi connectivity index (χ0) is 14.0. The number of likely N-dealkylation sites (tertiary alicyclic amines) is 1. The number of carboxylic acids is 2. The summed E-state index contributed by atoms with van der Waals surface area (Å²) < 4.78 is 0. The van der Waals surface area contributed by atoms with Crippen LogP contribution in [0.25, 0.3) is 0 Å². The quantitative estimate of drug-likeness (QED) is 0.691. The molecule has 2 unspecified atom stereocenters. The highest BCUT2D eigenvalue weighted by Gasteiger charge is 2.35. The SMILES string of the molecule is CN1CC2CC(C1)c1ccccc12.O=C(O)C(=O)O. The van der Waals surface area contributed by atoms with Gasteiger partial charge in [0.15, 0.2) is 0 Å². The summed E-state index contributed by atoms with van der Waals surface area (Å²) in [5.74, 6) is -2.01. The number of benzene rings is 1. The molecule has 2 atom stereocenters. The number of hydrogen-bond donors (Lipinski definition) is 2. The summed E-state index contributed by atoms with van der Waals surface area (Å²) in [6, 6.07) is 9.00. The van der Waals surface area contributed by atoms with Gasteiger partial charge in [0.2, 0.25) is 0 Å². The van der Waals surface area contributed by atoms with Crippen LogP contribution in [0.15, 0.2) is 24.3 Å². The molecule has 0 radical (unpaired) electrons. The largest absolute Gasteiger partial charge is 0.473 e. The number of likely N-dealkylation sites (N-methyl/N-ethyl adjacent to an activating group) is 1. The second-order valence-corrected chi connectivity index (χ2v) is 5.09. The number of nitrogens with zero attached hydrogens (tertiary/aromatic N) is 1. The Labute approximate surface area is 111 Å². The average Bonchev–Trinajstić information content (AvgIpc) is 2.63.